The SMILES string of the molecule is Cc1c(C(C)NC(=O)c2cccc(OCC(F)(F)F)c2)cnn1C. The van der Waals surface area contributed by atoms with Gasteiger partial charge < -0.3 is 10.1 Å². The first-order valence-corrected chi connectivity index (χ1v) is 7.26. The Hall–Kier alpha value is -2.51. The van der Waals surface area contributed by atoms with Crippen LogP contribution in [0.1, 0.15) is 34.6 Å². The Morgan fingerprint density at radius 1 is 1.42 bits per heavy atom. The molecule has 130 valence electrons. The number of ether oxygens (including phenoxy) is 1. The van der Waals surface area contributed by atoms with Crippen molar-refractivity contribution in [2.45, 2.75) is 26.1 Å². The lowest BCUT2D eigenvalue weighted by Crippen LogP contribution is -2.27. The molecule has 1 aromatic carbocycles. The average molecular weight is 341 g/mol. The highest BCUT2D eigenvalue weighted by Gasteiger charge is 2.28. The van der Waals surface area contributed by atoms with Gasteiger partial charge in [0.1, 0.15) is 5.75 Å². The van der Waals surface area contributed by atoms with Gasteiger partial charge in [-0.2, -0.15) is 18.3 Å². The standard InChI is InChI=1S/C16H18F3N3O2/c1-10(14-8-20-22(3)11(14)2)21-15(23)12-5-4-6-13(7-12)24-9-16(17,18)19/h4-8,10H,9H2,1-3H3,(H,21,23). The Kier molecular flexibility index (Phi) is 5.16. The number of nitrogens with zero attached hydrogens (tertiary/aromatic N) is 2. The Labute approximate surface area is 137 Å². The number of halogens is 3. The van der Waals surface area contributed by atoms with Crippen LogP contribution in [-0.4, -0.2) is 28.5 Å². The summed E-state index contributed by atoms with van der Waals surface area (Å²) >= 11 is 0. The number of aromatic nitrogens is 2. The van der Waals surface area contributed by atoms with Crippen LogP contribution in [0.4, 0.5) is 13.2 Å². The molecule has 0 fully saturated rings. The molecule has 1 atom stereocenters. The summed E-state index contributed by atoms with van der Waals surface area (Å²) in [6, 6.07) is 5.35. The molecule has 0 radical (unpaired) electrons. The molecule has 1 heterocycles. The fourth-order valence-corrected chi connectivity index (χ4v) is 2.19. The Balaban J connectivity index is 2.05. The van der Waals surface area contributed by atoms with Crippen molar-refractivity contribution < 1.29 is 22.7 Å². The van der Waals surface area contributed by atoms with Crippen molar-refractivity contribution in [3.8, 4) is 5.75 Å². The van der Waals surface area contributed by atoms with E-state index in [9.17, 15) is 18.0 Å². The van der Waals surface area contributed by atoms with E-state index >= 15 is 0 Å². The second kappa shape index (κ2) is 6.94. The largest absolute Gasteiger partial charge is 0.484 e. The van der Waals surface area contributed by atoms with E-state index in [1.165, 1.54) is 24.3 Å². The predicted octanol–water partition coefficient (Wildman–Crippen LogP) is 3.16. The van der Waals surface area contributed by atoms with Gasteiger partial charge in [0.25, 0.3) is 5.91 Å². The van der Waals surface area contributed by atoms with Crippen LogP contribution in [0.5, 0.6) is 5.75 Å². The van der Waals surface area contributed by atoms with Gasteiger partial charge in [0.05, 0.1) is 12.2 Å². The fraction of sp³-hybridized carbons (Fsp3) is 0.375. The van der Waals surface area contributed by atoms with E-state index in [0.717, 1.165) is 11.3 Å². The maximum absolute atomic E-state index is 12.3. The molecule has 8 heteroatoms. The molecule has 1 aromatic heterocycles. The van der Waals surface area contributed by atoms with Crippen molar-refractivity contribution in [2.75, 3.05) is 6.61 Å². The van der Waals surface area contributed by atoms with Crippen LogP contribution in [-0.2, 0) is 7.05 Å². The number of carbonyl (C=O) groups excluding carboxylic acids is 1. The normalized spacial score (nSPS) is 12.8. The molecule has 5 nitrogen and oxygen atoms in total. The van der Waals surface area contributed by atoms with Crippen molar-refractivity contribution in [1.82, 2.24) is 15.1 Å². The van der Waals surface area contributed by atoms with Gasteiger partial charge in [-0.3, -0.25) is 9.48 Å². The van der Waals surface area contributed by atoms with Gasteiger partial charge in [0.2, 0.25) is 0 Å². The number of nitrogens with one attached hydrogen (secondary N) is 1. The lowest BCUT2D eigenvalue weighted by atomic mass is 10.1. The summed E-state index contributed by atoms with van der Waals surface area (Å²) < 4.78 is 42.9. The summed E-state index contributed by atoms with van der Waals surface area (Å²) in [5.41, 5.74) is 2.02. The summed E-state index contributed by atoms with van der Waals surface area (Å²) in [5, 5.41) is 6.91. The molecule has 1 unspecified atom stereocenters. The van der Waals surface area contributed by atoms with Gasteiger partial charge in [-0.15, -0.1) is 0 Å². The molecule has 2 rings (SSSR count). The van der Waals surface area contributed by atoms with E-state index in [2.05, 4.69) is 15.2 Å². The smallest absolute Gasteiger partial charge is 0.422 e. The Morgan fingerprint density at radius 3 is 2.71 bits per heavy atom. The first-order valence-electron chi connectivity index (χ1n) is 7.26. The molecule has 2 aromatic rings. The van der Waals surface area contributed by atoms with E-state index in [1.807, 2.05) is 13.8 Å². The number of benzene rings is 1. The first kappa shape index (κ1) is 17.8. The third kappa shape index (κ3) is 4.50. The van der Waals surface area contributed by atoms with Crippen LogP contribution < -0.4 is 10.1 Å². The van der Waals surface area contributed by atoms with Gasteiger partial charge in [-0.1, -0.05) is 6.07 Å². The second-order valence-corrected chi connectivity index (χ2v) is 5.44. The molecule has 0 bridgehead atoms. The van der Waals surface area contributed by atoms with E-state index in [4.69, 9.17) is 0 Å². The third-order valence-electron chi connectivity index (χ3n) is 3.59. The topological polar surface area (TPSA) is 56.1 Å². The molecular weight excluding hydrogens is 323 g/mol. The zero-order chi connectivity index (χ0) is 17.9. The zero-order valence-electron chi connectivity index (χ0n) is 13.5. The van der Waals surface area contributed by atoms with Crippen molar-refractivity contribution >= 4 is 5.91 Å². The van der Waals surface area contributed by atoms with Crippen LogP contribution in [0, 0.1) is 6.92 Å². The number of hydrogen-bond donors (Lipinski definition) is 1. The number of alkyl halides is 3. The summed E-state index contributed by atoms with van der Waals surface area (Å²) in [7, 11) is 1.80. The fourth-order valence-electron chi connectivity index (χ4n) is 2.19. The van der Waals surface area contributed by atoms with Crippen LogP contribution in [0.3, 0.4) is 0 Å². The minimum absolute atomic E-state index is 0.00909. The van der Waals surface area contributed by atoms with Gasteiger partial charge in [0.15, 0.2) is 6.61 Å². The van der Waals surface area contributed by atoms with Gasteiger partial charge in [-0.05, 0) is 32.0 Å². The van der Waals surface area contributed by atoms with E-state index in [1.54, 1.807) is 17.9 Å². The molecule has 1 amide bonds. The molecule has 0 saturated heterocycles. The van der Waals surface area contributed by atoms with Crippen LogP contribution >= 0.6 is 0 Å². The molecule has 0 saturated carbocycles. The van der Waals surface area contributed by atoms with E-state index in [-0.39, 0.29) is 17.4 Å². The van der Waals surface area contributed by atoms with Crippen LogP contribution in [0.2, 0.25) is 0 Å². The first-order chi connectivity index (χ1) is 11.2. The molecule has 0 aliphatic carbocycles. The lowest BCUT2D eigenvalue weighted by Gasteiger charge is -2.14. The maximum atomic E-state index is 12.3. The number of aryl methyl sites for hydroxylation is 1. The molecule has 1 N–H and O–H groups in total. The Bertz CT molecular complexity index is 726. The highest BCUT2D eigenvalue weighted by molar-refractivity contribution is 5.94. The number of rotatable bonds is 5. The molecule has 0 spiro atoms. The summed E-state index contributed by atoms with van der Waals surface area (Å²) in [4.78, 5) is 12.3. The predicted molar refractivity (Wildman–Crippen MR) is 81.8 cm³/mol. The monoisotopic (exact) mass is 341 g/mol. The minimum atomic E-state index is -4.43. The van der Waals surface area contributed by atoms with Crippen molar-refractivity contribution in [3.05, 3.63) is 47.3 Å². The summed E-state index contributed by atoms with van der Waals surface area (Å²) in [6.45, 7) is 2.30. The van der Waals surface area contributed by atoms with Gasteiger partial charge in [-0.25, -0.2) is 0 Å². The van der Waals surface area contributed by atoms with Crippen LogP contribution in [0.15, 0.2) is 30.5 Å². The molecule has 0 aliphatic rings. The average Bonchev–Trinajstić information content (AvgIpc) is 2.84. The van der Waals surface area contributed by atoms with E-state index in [0.29, 0.717) is 0 Å². The van der Waals surface area contributed by atoms with Crippen molar-refractivity contribution in [1.29, 1.82) is 0 Å². The van der Waals surface area contributed by atoms with Crippen molar-refractivity contribution in [2.24, 2.45) is 7.05 Å². The number of carbonyl (C=O) groups is 1. The van der Waals surface area contributed by atoms with Gasteiger partial charge in [0, 0.05) is 23.9 Å². The third-order valence-corrected chi connectivity index (χ3v) is 3.59. The second-order valence-electron chi connectivity index (χ2n) is 5.44. The highest BCUT2D eigenvalue weighted by atomic mass is 19.4. The molecule has 24 heavy (non-hydrogen) atoms. The van der Waals surface area contributed by atoms with Crippen LogP contribution in [0.25, 0.3) is 0 Å². The highest BCUT2D eigenvalue weighted by Crippen LogP contribution is 2.20. The van der Waals surface area contributed by atoms with Crippen molar-refractivity contribution in [3.63, 3.8) is 0 Å². The summed E-state index contributed by atoms with van der Waals surface area (Å²) in [5.74, 6) is -0.409. The lowest BCUT2D eigenvalue weighted by molar-refractivity contribution is -0.153. The van der Waals surface area contributed by atoms with E-state index < -0.39 is 18.7 Å². The summed E-state index contributed by atoms with van der Waals surface area (Å²) in [6.07, 6.45) is -2.76. The minimum Gasteiger partial charge on any atom is -0.484 e. The zero-order valence-corrected chi connectivity index (χ0v) is 13.5. The maximum Gasteiger partial charge on any atom is 0.422 e. The Morgan fingerprint density at radius 2 is 2.12 bits per heavy atom. The number of amides is 1. The number of hydrogen-bond acceptors (Lipinski definition) is 3. The molecular formula is C16H18F3N3O2. The van der Waals surface area contributed by atoms with Gasteiger partial charge >= 0.3 is 6.18 Å². The molecule has 0 aliphatic heterocycles. The quantitative estimate of drug-likeness (QED) is 0.909.